The van der Waals surface area contributed by atoms with Crippen LogP contribution in [0.15, 0.2) is 18.2 Å². The largest absolute Gasteiger partial charge is 0.241 e. The van der Waals surface area contributed by atoms with Crippen molar-refractivity contribution in [1.82, 2.24) is 4.98 Å². The van der Waals surface area contributed by atoms with Gasteiger partial charge >= 0.3 is 0 Å². The Bertz CT molecular complexity index is 389. The zero-order chi connectivity index (χ0) is 7.84. The molecule has 1 heterocycles. The standard InChI is InChI=1S/C9H8NS/c1-6-4-3-5-8-9(6)10-7(2)11-8/h3-5H,2H2,1H3. The molecule has 0 amide bonds. The molecule has 0 aliphatic carbocycles. The fourth-order valence-electron chi connectivity index (χ4n) is 1.13. The summed E-state index contributed by atoms with van der Waals surface area (Å²) in [6, 6.07) is 6.20. The summed E-state index contributed by atoms with van der Waals surface area (Å²) in [5.74, 6) is 0. The molecule has 55 valence electrons. The summed E-state index contributed by atoms with van der Waals surface area (Å²) in [5, 5.41) is 0.898. The lowest BCUT2D eigenvalue weighted by Gasteiger charge is -1.90. The van der Waals surface area contributed by atoms with Crippen LogP contribution in [-0.4, -0.2) is 4.98 Å². The highest BCUT2D eigenvalue weighted by Gasteiger charge is 2.00. The molecule has 0 aliphatic rings. The van der Waals surface area contributed by atoms with Crippen molar-refractivity contribution in [2.45, 2.75) is 6.92 Å². The van der Waals surface area contributed by atoms with Crippen molar-refractivity contribution in [2.24, 2.45) is 0 Å². The molecule has 0 fully saturated rings. The van der Waals surface area contributed by atoms with Crippen molar-refractivity contribution < 1.29 is 0 Å². The molecule has 1 nitrogen and oxygen atoms in total. The van der Waals surface area contributed by atoms with E-state index in [1.807, 2.05) is 0 Å². The second-order valence-corrected chi connectivity index (χ2v) is 3.64. The van der Waals surface area contributed by atoms with Gasteiger partial charge in [0.25, 0.3) is 0 Å². The van der Waals surface area contributed by atoms with E-state index < -0.39 is 0 Å². The van der Waals surface area contributed by atoms with Gasteiger partial charge in [0.2, 0.25) is 0 Å². The average molecular weight is 162 g/mol. The zero-order valence-electron chi connectivity index (χ0n) is 6.29. The van der Waals surface area contributed by atoms with E-state index in [1.54, 1.807) is 11.3 Å². The molecule has 0 bridgehead atoms. The lowest BCUT2D eigenvalue weighted by atomic mass is 10.2. The maximum atomic E-state index is 4.32. The SMILES string of the molecule is [CH2]c1nc2c(C)cccc2s1. The average Bonchev–Trinajstić information content (AvgIpc) is 2.31. The lowest BCUT2D eigenvalue weighted by molar-refractivity contribution is 1.39. The molecule has 0 saturated heterocycles. The van der Waals surface area contributed by atoms with Gasteiger partial charge in [-0.05, 0) is 18.6 Å². The highest BCUT2D eigenvalue weighted by atomic mass is 32.1. The van der Waals surface area contributed by atoms with E-state index >= 15 is 0 Å². The molecule has 1 aromatic heterocycles. The van der Waals surface area contributed by atoms with Crippen LogP contribution in [0.25, 0.3) is 10.2 Å². The number of benzene rings is 1. The Hall–Kier alpha value is -0.890. The molecule has 0 unspecified atom stereocenters. The Balaban J connectivity index is 2.90. The predicted molar refractivity (Wildman–Crippen MR) is 48.8 cm³/mol. The number of hydrogen-bond donors (Lipinski definition) is 0. The number of nitrogens with zero attached hydrogens (tertiary/aromatic N) is 1. The summed E-state index contributed by atoms with van der Waals surface area (Å²) >= 11 is 1.64. The molecule has 1 radical (unpaired) electrons. The number of rotatable bonds is 0. The number of hydrogen-bond acceptors (Lipinski definition) is 2. The van der Waals surface area contributed by atoms with E-state index in [1.165, 1.54) is 10.3 Å². The molecule has 0 aliphatic heterocycles. The van der Waals surface area contributed by atoms with Crippen LogP contribution in [0, 0.1) is 13.8 Å². The molecular formula is C9H8NS. The molecular weight excluding hydrogens is 154 g/mol. The number of thiazole rings is 1. The second kappa shape index (κ2) is 2.31. The Morgan fingerprint density at radius 2 is 2.27 bits per heavy atom. The summed E-state index contributed by atoms with van der Waals surface area (Å²) in [6.07, 6.45) is 0. The summed E-state index contributed by atoms with van der Waals surface area (Å²) in [7, 11) is 0. The number of aryl methyl sites for hydroxylation is 1. The first-order valence-corrected chi connectivity index (χ1v) is 4.27. The van der Waals surface area contributed by atoms with Gasteiger partial charge in [0.15, 0.2) is 0 Å². The first-order chi connectivity index (χ1) is 5.27. The predicted octanol–water partition coefficient (Wildman–Crippen LogP) is 2.79. The molecule has 1 aromatic carbocycles. The van der Waals surface area contributed by atoms with Crippen LogP contribution in [0.1, 0.15) is 10.6 Å². The molecule has 11 heavy (non-hydrogen) atoms. The van der Waals surface area contributed by atoms with Gasteiger partial charge in [-0.1, -0.05) is 12.1 Å². The van der Waals surface area contributed by atoms with Crippen molar-refractivity contribution in [3.8, 4) is 0 Å². The van der Waals surface area contributed by atoms with E-state index in [2.05, 4.69) is 37.0 Å². The van der Waals surface area contributed by atoms with Gasteiger partial charge in [-0.2, -0.15) is 0 Å². The molecule has 2 aromatic rings. The molecule has 2 rings (SSSR count). The third-order valence-corrected chi connectivity index (χ3v) is 2.54. The van der Waals surface area contributed by atoms with Gasteiger partial charge in [0, 0.05) is 6.92 Å². The Kier molecular flexibility index (Phi) is 1.43. The van der Waals surface area contributed by atoms with Crippen molar-refractivity contribution in [2.75, 3.05) is 0 Å². The minimum atomic E-state index is 0.898. The topological polar surface area (TPSA) is 12.9 Å². The quantitative estimate of drug-likeness (QED) is 0.580. The summed E-state index contributed by atoms with van der Waals surface area (Å²) in [4.78, 5) is 4.32. The van der Waals surface area contributed by atoms with Crippen LogP contribution in [0.5, 0.6) is 0 Å². The van der Waals surface area contributed by atoms with Crippen LogP contribution in [-0.2, 0) is 0 Å². The first-order valence-electron chi connectivity index (χ1n) is 3.45. The number of aromatic nitrogens is 1. The minimum Gasteiger partial charge on any atom is -0.241 e. The summed E-state index contributed by atoms with van der Waals surface area (Å²) < 4.78 is 1.23. The van der Waals surface area contributed by atoms with Crippen LogP contribution >= 0.6 is 11.3 Å². The van der Waals surface area contributed by atoms with Crippen molar-refractivity contribution >= 4 is 21.6 Å². The van der Waals surface area contributed by atoms with Gasteiger partial charge in [0.05, 0.1) is 15.2 Å². The molecule has 0 spiro atoms. The fraction of sp³-hybridized carbons (Fsp3) is 0.111. The van der Waals surface area contributed by atoms with Gasteiger partial charge in [-0.25, -0.2) is 4.98 Å². The van der Waals surface area contributed by atoms with E-state index in [0.29, 0.717) is 0 Å². The van der Waals surface area contributed by atoms with Crippen LogP contribution in [0.4, 0.5) is 0 Å². The monoisotopic (exact) mass is 162 g/mol. The highest BCUT2D eigenvalue weighted by Crippen LogP contribution is 2.23. The van der Waals surface area contributed by atoms with Crippen LogP contribution in [0.3, 0.4) is 0 Å². The minimum absolute atomic E-state index is 0.898. The lowest BCUT2D eigenvalue weighted by Crippen LogP contribution is -1.74. The summed E-state index contributed by atoms with van der Waals surface area (Å²) in [6.45, 7) is 5.88. The van der Waals surface area contributed by atoms with E-state index in [0.717, 1.165) is 10.5 Å². The maximum absolute atomic E-state index is 4.32. The van der Waals surface area contributed by atoms with E-state index in [-0.39, 0.29) is 0 Å². The summed E-state index contributed by atoms with van der Waals surface area (Å²) in [5.41, 5.74) is 2.33. The Labute approximate surface area is 69.7 Å². The zero-order valence-corrected chi connectivity index (χ0v) is 7.11. The Morgan fingerprint density at radius 3 is 3.00 bits per heavy atom. The second-order valence-electron chi connectivity index (χ2n) is 2.53. The van der Waals surface area contributed by atoms with Crippen molar-refractivity contribution in [3.05, 3.63) is 35.7 Å². The van der Waals surface area contributed by atoms with Crippen molar-refractivity contribution in [3.63, 3.8) is 0 Å². The third-order valence-electron chi connectivity index (χ3n) is 1.67. The number of para-hydroxylation sites is 1. The van der Waals surface area contributed by atoms with Crippen molar-refractivity contribution in [1.29, 1.82) is 0 Å². The van der Waals surface area contributed by atoms with Gasteiger partial charge in [0.1, 0.15) is 0 Å². The smallest absolute Gasteiger partial charge is 0.0942 e. The van der Waals surface area contributed by atoms with Crippen LogP contribution in [0.2, 0.25) is 0 Å². The molecule has 0 saturated carbocycles. The van der Waals surface area contributed by atoms with E-state index in [4.69, 9.17) is 0 Å². The highest BCUT2D eigenvalue weighted by molar-refractivity contribution is 7.18. The van der Waals surface area contributed by atoms with Gasteiger partial charge in [-0.15, -0.1) is 11.3 Å². The number of fused-ring (bicyclic) bond motifs is 1. The maximum Gasteiger partial charge on any atom is 0.0942 e. The molecule has 0 atom stereocenters. The van der Waals surface area contributed by atoms with Crippen LogP contribution < -0.4 is 0 Å². The normalized spacial score (nSPS) is 10.7. The fourth-order valence-corrected chi connectivity index (χ4v) is 1.97. The molecule has 2 heteroatoms. The van der Waals surface area contributed by atoms with Gasteiger partial charge in [-0.3, -0.25) is 0 Å². The first kappa shape index (κ1) is 6.80. The molecule has 0 N–H and O–H groups in total. The Morgan fingerprint density at radius 1 is 1.45 bits per heavy atom. The third kappa shape index (κ3) is 1.03. The van der Waals surface area contributed by atoms with Gasteiger partial charge < -0.3 is 0 Å². The van der Waals surface area contributed by atoms with E-state index in [9.17, 15) is 0 Å².